The molecule has 1 spiro atoms. The zero-order chi connectivity index (χ0) is 18.1. The van der Waals surface area contributed by atoms with E-state index in [0.29, 0.717) is 25.3 Å². The lowest BCUT2D eigenvalue weighted by molar-refractivity contribution is -0.117. The molecule has 8 heteroatoms. The van der Waals surface area contributed by atoms with Crippen molar-refractivity contribution < 1.29 is 17.9 Å². The number of nitrogens with zero attached hydrogens (tertiary/aromatic N) is 2. The third kappa shape index (κ3) is 3.96. The van der Waals surface area contributed by atoms with Gasteiger partial charge in [0.15, 0.2) is 9.84 Å². The van der Waals surface area contributed by atoms with Gasteiger partial charge in [0.2, 0.25) is 0 Å². The second-order valence-electron chi connectivity index (χ2n) is 6.93. The van der Waals surface area contributed by atoms with E-state index in [1.165, 1.54) is 0 Å². The predicted octanol–water partition coefficient (Wildman–Crippen LogP) is 1.04. The summed E-state index contributed by atoms with van der Waals surface area (Å²) in [5.41, 5.74) is -0.0259. The van der Waals surface area contributed by atoms with Gasteiger partial charge >= 0.3 is 6.03 Å². The number of likely N-dealkylation sites (tertiary alicyclic amines) is 1. The number of hydrogen-bond acceptors (Lipinski definition) is 5. The molecule has 0 saturated carbocycles. The molecule has 1 aromatic rings. The van der Waals surface area contributed by atoms with E-state index in [4.69, 9.17) is 4.74 Å². The van der Waals surface area contributed by atoms with Crippen molar-refractivity contribution >= 4 is 21.6 Å². The van der Waals surface area contributed by atoms with Crippen LogP contribution in [0.2, 0.25) is 0 Å². The van der Waals surface area contributed by atoms with Gasteiger partial charge in [-0.15, -0.1) is 0 Å². The predicted molar refractivity (Wildman–Crippen MR) is 96.5 cm³/mol. The molecule has 25 heavy (non-hydrogen) atoms. The normalized spacial score (nSPS) is 24.1. The highest BCUT2D eigenvalue weighted by molar-refractivity contribution is 7.92. The van der Waals surface area contributed by atoms with Crippen LogP contribution in [0.25, 0.3) is 0 Å². The van der Waals surface area contributed by atoms with Gasteiger partial charge < -0.3 is 19.9 Å². The van der Waals surface area contributed by atoms with Crippen LogP contribution < -0.4 is 5.32 Å². The lowest BCUT2D eigenvalue weighted by atomic mass is 9.96. The summed E-state index contributed by atoms with van der Waals surface area (Å²) < 4.78 is 31.1. The van der Waals surface area contributed by atoms with Crippen molar-refractivity contribution in [3.63, 3.8) is 0 Å². The van der Waals surface area contributed by atoms with E-state index in [1.807, 2.05) is 49.2 Å². The number of ether oxygens (including phenoxy) is 1. The van der Waals surface area contributed by atoms with Gasteiger partial charge in [-0.25, -0.2) is 13.2 Å². The molecule has 0 bridgehead atoms. The van der Waals surface area contributed by atoms with Gasteiger partial charge in [-0.3, -0.25) is 0 Å². The lowest BCUT2D eigenvalue weighted by Crippen LogP contribution is -2.71. The molecule has 2 heterocycles. The van der Waals surface area contributed by atoms with Crippen LogP contribution in [0.15, 0.2) is 30.3 Å². The minimum Gasteiger partial charge on any atom is -0.369 e. The van der Waals surface area contributed by atoms with Crippen molar-refractivity contribution in [1.82, 2.24) is 9.80 Å². The van der Waals surface area contributed by atoms with E-state index in [1.54, 1.807) is 4.90 Å². The minimum atomic E-state index is -3.23. The Labute approximate surface area is 148 Å². The van der Waals surface area contributed by atoms with Crippen molar-refractivity contribution in [1.29, 1.82) is 0 Å². The van der Waals surface area contributed by atoms with E-state index in [9.17, 15) is 13.2 Å². The molecule has 0 aromatic heterocycles. The van der Waals surface area contributed by atoms with Crippen molar-refractivity contribution in [2.45, 2.75) is 17.8 Å². The van der Waals surface area contributed by atoms with E-state index < -0.39 is 20.7 Å². The van der Waals surface area contributed by atoms with E-state index in [-0.39, 0.29) is 18.4 Å². The Bertz CT molecular complexity index is 717. The first-order valence-corrected chi connectivity index (χ1v) is 10.2. The summed E-state index contributed by atoms with van der Waals surface area (Å²) in [6.07, 6.45) is 0. The van der Waals surface area contributed by atoms with Gasteiger partial charge in [0.25, 0.3) is 0 Å². The van der Waals surface area contributed by atoms with Crippen LogP contribution in [0.3, 0.4) is 0 Å². The largest absolute Gasteiger partial charge is 0.369 e. The molecule has 1 aromatic carbocycles. The van der Waals surface area contributed by atoms with Gasteiger partial charge in [-0.05, 0) is 25.7 Å². The highest BCUT2D eigenvalue weighted by Gasteiger charge is 2.53. The number of carbonyl (C=O) groups excluding carboxylic acids is 1. The Morgan fingerprint density at radius 2 is 2.04 bits per heavy atom. The molecular formula is C17H25N3O4S. The smallest absolute Gasteiger partial charge is 0.322 e. The maximum atomic E-state index is 12.6. The minimum absolute atomic E-state index is 0.0165. The fourth-order valence-corrected chi connectivity index (χ4v) is 5.23. The summed E-state index contributed by atoms with van der Waals surface area (Å²) in [6, 6.07) is 8.95. The maximum Gasteiger partial charge on any atom is 0.322 e. The number of sulfone groups is 1. The summed E-state index contributed by atoms with van der Waals surface area (Å²) in [6.45, 7) is 4.08. The molecule has 7 nitrogen and oxygen atoms in total. The lowest BCUT2D eigenvalue weighted by Gasteiger charge is -2.52. The first-order valence-electron chi connectivity index (χ1n) is 8.49. The highest BCUT2D eigenvalue weighted by atomic mass is 32.2. The molecule has 2 fully saturated rings. The maximum absolute atomic E-state index is 12.6. The molecule has 0 unspecified atom stereocenters. The van der Waals surface area contributed by atoms with Gasteiger partial charge in [0, 0.05) is 12.2 Å². The zero-order valence-electron chi connectivity index (χ0n) is 14.6. The second kappa shape index (κ2) is 6.93. The number of amides is 2. The molecule has 138 valence electrons. The van der Waals surface area contributed by atoms with Crippen molar-refractivity contribution in [3.05, 3.63) is 30.3 Å². The third-order valence-corrected chi connectivity index (χ3v) is 7.10. The van der Waals surface area contributed by atoms with Crippen LogP contribution in [-0.4, -0.2) is 80.7 Å². The number of hydrogen-bond donors (Lipinski definition) is 1. The van der Waals surface area contributed by atoms with Crippen molar-refractivity contribution in [2.24, 2.45) is 0 Å². The average Bonchev–Trinajstić information content (AvgIpc) is 2.55. The number of carbonyl (C=O) groups is 1. The van der Waals surface area contributed by atoms with Gasteiger partial charge in [0.05, 0.1) is 30.7 Å². The SMILES string of the molecule is CCN(C)C[C@H]1COC2(CN(C(=O)Nc3ccccc3)C2)CS1(=O)=O. The van der Waals surface area contributed by atoms with Crippen LogP contribution in [0.5, 0.6) is 0 Å². The highest BCUT2D eigenvalue weighted by Crippen LogP contribution is 2.33. The number of urea groups is 1. The monoisotopic (exact) mass is 367 g/mol. The average molecular weight is 367 g/mol. The van der Waals surface area contributed by atoms with Gasteiger partial charge in [0.1, 0.15) is 5.60 Å². The standard InChI is InChI=1S/C17H25N3O4S/c1-3-19(2)9-15-10-24-17(13-25(15,22)23)11-20(12-17)16(21)18-14-7-5-4-6-8-14/h4-8,15H,3,9-13H2,1-2H3,(H,18,21)/t15-/m0/s1. The van der Waals surface area contributed by atoms with Crippen LogP contribution >= 0.6 is 0 Å². The van der Waals surface area contributed by atoms with E-state index in [0.717, 1.165) is 6.54 Å². The number of nitrogens with one attached hydrogen (secondary N) is 1. The quantitative estimate of drug-likeness (QED) is 0.860. The molecule has 2 amide bonds. The molecular weight excluding hydrogens is 342 g/mol. The number of para-hydroxylation sites is 1. The topological polar surface area (TPSA) is 79.0 Å². The number of benzene rings is 1. The van der Waals surface area contributed by atoms with Crippen LogP contribution in [0, 0.1) is 0 Å². The van der Waals surface area contributed by atoms with Crippen molar-refractivity contribution in [3.8, 4) is 0 Å². The Balaban J connectivity index is 1.56. The first-order chi connectivity index (χ1) is 11.8. The summed E-state index contributed by atoms with van der Waals surface area (Å²) in [7, 11) is -1.33. The second-order valence-corrected chi connectivity index (χ2v) is 9.21. The van der Waals surface area contributed by atoms with Crippen LogP contribution in [0.1, 0.15) is 6.92 Å². The fraction of sp³-hybridized carbons (Fsp3) is 0.588. The number of anilines is 1. The third-order valence-electron chi connectivity index (χ3n) is 4.87. The molecule has 2 aliphatic heterocycles. The van der Waals surface area contributed by atoms with Gasteiger partial charge in [-0.2, -0.15) is 0 Å². The Kier molecular flexibility index (Phi) is 5.04. The molecule has 3 rings (SSSR count). The van der Waals surface area contributed by atoms with E-state index in [2.05, 4.69) is 5.32 Å². The Morgan fingerprint density at radius 1 is 1.36 bits per heavy atom. The van der Waals surface area contributed by atoms with E-state index >= 15 is 0 Å². The summed E-state index contributed by atoms with van der Waals surface area (Å²) in [5, 5.41) is 2.31. The van der Waals surface area contributed by atoms with Crippen molar-refractivity contribution in [2.75, 3.05) is 50.9 Å². The Hall–Kier alpha value is -1.64. The molecule has 0 aliphatic carbocycles. The molecule has 1 atom stereocenters. The van der Waals surface area contributed by atoms with Crippen LogP contribution in [0.4, 0.5) is 10.5 Å². The zero-order valence-corrected chi connectivity index (χ0v) is 15.5. The first kappa shape index (κ1) is 18.2. The Morgan fingerprint density at radius 3 is 2.64 bits per heavy atom. The molecule has 2 saturated heterocycles. The van der Waals surface area contributed by atoms with Crippen LogP contribution in [-0.2, 0) is 14.6 Å². The summed E-state index contributed by atoms with van der Waals surface area (Å²) in [4.78, 5) is 15.8. The molecule has 1 N–H and O–H groups in total. The van der Waals surface area contributed by atoms with Gasteiger partial charge in [-0.1, -0.05) is 25.1 Å². The fourth-order valence-electron chi connectivity index (χ4n) is 3.24. The molecule has 0 radical (unpaired) electrons. The summed E-state index contributed by atoms with van der Waals surface area (Å²) in [5.74, 6) is -0.0165. The molecule has 2 aliphatic rings. The number of rotatable bonds is 4. The summed E-state index contributed by atoms with van der Waals surface area (Å²) >= 11 is 0.